The van der Waals surface area contributed by atoms with Gasteiger partial charge in [-0.1, -0.05) is 60.3 Å². The number of benzene rings is 2. The van der Waals surface area contributed by atoms with Crippen molar-refractivity contribution in [2.75, 3.05) is 11.9 Å². The Labute approximate surface area is 199 Å². The highest BCUT2D eigenvalue weighted by Gasteiger charge is 2.38. The minimum absolute atomic E-state index is 0.0722. The molecule has 0 bridgehead atoms. The third-order valence-corrected chi connectivity index (χ3v) is 6.81. The van der Waals surface area contributed by atoms with Crippen LogP contribution in [-0.4, -0.2) is 53.6 Å². The maximum Gasteiger partial charge on any atom is 0.256 e. The van der Waals surface area contributed by atoms with Crippen LogP contribution in [0.2, 0.25) is 0 Å². The molecule has 1 fully saturated rings. The number of aromatic nitrogens is 4. The van der Waals surface area contributed by atoms with Crippen LogP contribution in [0.4, 0.5) is 5.82 Å². The number of anilines is 1. The Balaban J connectivity index is 1.35. The maximum atomic E-state index is 12.7. The molecule has 1 saturated heterocycles. The smallest absolute Gasteiger partial charge is 0.256 e. The summed E-state index contributed by atoms with van der Waals surface area (Å²) in [6.07, 6.45) is 2.42. The molecule has 1 aliphatic heterocycles. The van der Waals surface area contributed by atoms with Gasteiger partial charge in [0.2, 0.25) is 5.12 Å². The number of carbonyl (C=O) groups is 2. The lowest BCUT2D eigenvalue weighted by Crippen LogP contribution is -2.23. The van der Waals surface area contributed by atoms with Crippen LogP contribution in [0.1, 0.15) is 33.4 Å². The molecule has 3 atom stereocenters. The second-order valence-electron chi connectivity index (χ2n) is 7.72. The minimum Gasteiger partial charge on any atom is -0.394 e. The fourth-order valence-electron chi connectivity index (χ4n) is 3.86. The first kappa shape index (κ1) is 22.2. The van der Waals surface area contributed by atoms with Gasteiger partial charge >= 0.3 is 0 Å². The van der Waals surface area contributed by atoms with E-state index in [1.165, 1.54) is 6.33 Å². The van der Waals surface area contributed by atoms with Gasteiger partial charge in [-0.25, -0.2) is 15.0 Å². The van der Waals surface area contributed by atoms with Gasteiger partial charge in [-0.2, -0.15) is 0 Å². The topological polar surface area (TPSA) is 119 Å². The molecule has 0 unspecified atom stereocenters. The van der Waals surface area contributed by atoms with E-state index >= 15 is 0 Å². The molecule has 0 radical (unpaired) electrons. The molecule has 5 rings (SSSR count). The van der Waals surface area contributed by atoms with Gasteiger partial charge in [0, 0.05) is 22.8 Å². The number of hydrogen-bond donors (Lipinski definition) is 2. The number of carbonyl (C=O) groups excluding carboxylic acids is 2. The van der Waals surface area contributed by atoms with E-state index in [-0.39, 0.29) is 22.9 Å². The van der Waals surface area contributed by atoms with Gasteiger partial charge in [-0.15, -0.1) is 0 Å². The fourth-order valence-corrected chi connectivity index (χ4v) is 4.97. The summed E-state index contributed by atoms with van der Waals surface area (Å²) in [4.78, 5) is 38.2. The first-order valence-electron chi connectivity index (χ1n) is 10.7. The van der Waals surface area contributed by atoms with Crippen molar-refractivity contribution in [1.82, 2.24) is 19.5 Å². The number of ether oxygens (including phenoxy) is 1. The molecule has 3 heterocycles. The van der Waals surface area contributed by atoms with Gasteiger partial charge in [-0.05, 0) is 12.1 Å². The number of nitrogens with one attached hydrogen (secondary N) is 1. The molecular weight excluding hydrogens is 454 g/mol. The second-order valence-corrected chi connectivity index (χ2v) is 8.94. The van der Waals surface area contributed by atoms with Crippen molar-refractivity contribution in [3.63, 3.8) is 0 Å². The van der Waals surface area contributed by atoms with Gasteiger partial charge in [-0.3, -0.25) is 14.2 Å². The fraction of sp³-hybridized carbons (Fsp3) is 0.208. The zero-order valence-corrected chi connectivity index (χ0v) is 18.8. The van der Waals surface area contributed by atoms with Crippen LogP contribution in [0.25, 0.3) is 11.2 Å². The highest BCUT2D eigenvalue weighted by molar-refractivity contribution is 8.14. The van der Waals surface area contributed by atoms with Gasteiger partial charge in [0.1, 0.15) is 12.6 Å². The SMILES string of the molecule is O=C(Nc1ncnc2c1ncn2[C@H]1C[C@H](SC(=O)c2ccccc2)[C@@H](CO)O1)c1ccccc1. The van der Waals surface area contributed by atoms with E-state index in [9.17, 15) is 14.7 Å². The van der Waals surface area contributed by atoms with Crippen molar-refractivity contribution in [3.05, 3.63) is 84.4 Å². The Kier molecular flexibility index (Phi) is 6.35. The van der Waals surface area contributed by atoms with E-state index < -0.39 is 12.3 Å². The van der Waals surface area contributed by atoms with E-state index in [0.717, 1.165) is 11.8 Å². The molecule has 2 aromatic heterocycles. The molecule has 4 aromatic rings. The van der Waals surface area contributed by atoms with Gasteiger partial charge in [0.25, 0.3) is 5.91 Å². The van der Waals surface area contributed by atoms with Crippen molar-refractivity contribution in [2.24, 2.45) is 0 Å². The lowest BCUT2D eigenvalue weighted by molar-refractivity contribution is -0.0198. The van der Waals surface area contributed by atoms with Crippen LogP contribution in [0, 0.1) is 0 Å². The molecule has 0 saturated carbocycles. The molecule has 9 nitrogen and oxygen atoms in total. The van der Waals surface area contributed by atoms with Crippen molar-refractivity contribution < 1.29 is 19.4 Å². The van der Waals surface area contributed by atoms with Gasteiger partial charge in [0.15, 0.2) is 17.0 Å². The third kappa shape index (κ3) is 4.43. The maximum absolute atomic E-state index is 12.7. The van der Waals surface area contributed by atoms with Crippen molar-refractivity contribution >= 4 is 39.8 Å². The summed E-state index contributed by atoms with van der Waals surface area (Å²) in [5.74, 6) is -0.0111. The summed E-state index contributed by atoms with van der Waals surface area (Å²) in [5.41, 5.74) is 2.02. The molecule has 10 heteroatoms. The highest BCUT2D eigenvalue weighted by Crippen LogP contribution is 2.38. The Morgan fingerprint density at radius 2 is 1.74 bits per heavy atom. The molecular formula is C24H21N5O4S. The van der Waals surface area contributed by atoms with E-state index in [2.05, 4.69) is 20.3 Å². The standard InChI is InChI=1S/C24H21N5O4S/c30-12-17-18(34-24(32)16-9-5-2-6-10-16)11-19(33-17)29-14-27-20-21(25-13-26-22(20)29)28-23(31)15-7-3-1-4-8-15/h1-10,13-14,17-19,30H,11-12H2,(H,25,26,28,31)/t17-,18+,19-/m1/s1. The number of thioether (sulfide) groups is 1. The molecule has 2 N–H and O–H groups in total. The van der Waals surface area contributed by atoms with Crippen LogP contribution >= 0.6 is 11.8 Å². The number of aliphatic hydroxyl groups is 1. The number of nitrogens with zero attached hydrogens (tertiary/aromatic N) is 4. The first-order chi connectivity index (χ1) is 16.6. The van der Waals surface area contributed by atoms with E-state index in [1.54, 1.807) is 47.3 Å². The van der Waals surface area contributed by atoms with E-state index in [4.69, 9.17) is 4.74 Å². The zero-order valence-electron chi connectivity index (χ0n) is 17.9. The summed E-state index contributed by atoms with van der Waals surface area (Å²) in [5, 5.41) is 12.3. The molecule has 1 aliphatic rings. The Morgan fingerprint density at radius 3 is 2.44 bits per heavy atom. The van der Waals surface area contributed by atoms with Crippen molar-refractivity contribution in [3.8, 4) is 0 Å². The third-order valence-electron chi connectivity index (χ3n) is 5.57. The molecule has 2 aromatic carbocycles. The van der Waals surface area contributed by atoms with Gasteiger partial charge in [0.05, 0.1) is 19.0 Å². The zero-order chi connectivity index (χ0) is 23.5. The number of aliphatic hydroxyl groups excluding tert-OH is 1. The largest absolute Gasteiger partial charge is 0.394 e. The number of hydrogen-bond acceptors (Lipinski definition) is 8. The summed E-state index contributed by atoms with van der Waals surface area (Å²) >= 11 is 1.16. The van der Waals surface area contributed by atoms with Crippen LogP contribution in [0.3, 0.4) is 0 Å². The average molecular weight is 476 g/mol. The second kappa shape index (κ2) is 9.72. The van der Waals surface area contributed by atoms with Crippen LogP contribution in [-0.2, 0) is 4.74 Å². The molecule has 34 heavy (non-hydrogen) atoms. The Morgan fingerprint density at radius 1 is 1.03 bits per heavy atom. The summed E-state index contributed by atoms with van der Waals surface area (Å²) in [6, 6.07) is 17.8. The lowest BCUT2D eigenvalue weighted by Gasteiger charge is -2.15. The van der Waals surface area contributed by atoms with E-state index in [1.807, 2.05) is 24.3 Å². The van der Waals surface area contributed by atoms with Crippen molar-refractivity contribution in [1.29, 1.82) is 0 Å². The number of fused-ring (bicyclic) bond motifs is 1. The predicted octanol–water partition coefficient (Wildman–Crippen LogP) is 3.30. The minimum atomic E-state index is -0.515. The van der Waals surface area contributed by atoms with Gasteiger partial charge < -0.3 is 15.2 Å². The Hall–Kier alpha value is -3.60. The molecule has 172 valence electrons. The molecule has 0 spiro atoms. The monoisotopic (exact) mass is 475 g/mol. The Bertz CT molecular complexity index is 1310. The summed E-state index contributed by atoms with van der Waals surface area (Å²) < 4.78 is 7.80. The predicted molar refractivity (Wildman–Crippen MR) is 127 cm³/mol. The van der Waals surface area contributed by atoms with Crippen molar-refractivity contribution in [2.45, 2.75) is 24.0 Å². The normalized spacial score (nSPS) is 19.9. The lowest BCUT2D eigenvalue weighted by atomic mass is 10.2. The summed E-state index contributed by atoms with van der Waals surface area (Å²) in [6.45, 7) is -0.212. The number of amides is 1. The quantitative estimate of drug-likeness (QED) is 0.436. The van der Waals surface area contributed by atoms with E-state index in [0.29, 0.717) is 34.5 Å². The first-order valence-corrected chi connectivity index (χ1v) is 11.6. The highest BCUT2D eigenvalue weighted by atomic mass is 32.2. The number of imidazole rings is 1. The van der Waals surface area contributed by atoms with Crippen LogP contribution in [0.5, 0.6) is 0 Å². The molecule has 0 aliphatic carbocycles. The van der Waals surface area contributed by atoms with Crippen LogP contribution < -0.4 is 5.32 Å². The van der Waals surface area contributed by atoms with Crippen LogP contribution in [0.15, 0.2) is 73.3 Å². The average Bonchev–Trinajstić information content (AvgIpc) is 3.49. The summed E-state index contributed by atoms with van der Waals surface area (Å²) in [7, 11) is 0. The molecule has 1 amide bonds. The number of rotatable bonds is 6.